The fraction of sp³-hybridized carbons (Fsp3) is 0.300. The number of hydrogen-bond donors (Lipinski definition) is 1. The average Bonchev–Trinajstić information content (AvgIpc) is 3.35. The van der Waals surface area contributed by atoms with Gasteiger partial charge in [-0.25, -0.2) is 18.1 Å². The predicted octanol–water partition coefficient (Wildman–Crippen LogP) is 2.83. The minimum absolute atomic E-state index is 0.176. The summed E-state index contributed by atoms with van der Waals surface area (Å²) < 4.78 is 28.9. The Morgan fingerprint density at radius 1 is 1.24 bits per heavy atom. The topological polar surface area (TPSA) is 84.3 Å². The lowest BCUT2D eigenvalue weighted by Crippen LogP contribution is -2.37. The van der Waals surface area contributed by atoms with E-state index in [1.165, 1.54) is 0 Å². The standard InChI is InChI=1S/C20H21ClN4O3S/c1-2-23-29(27,28)17-9-10-24(12-17)20(26)14-3-8-18-19(11-14)25(13-22-18)16-6-4-15(21)5-7-16/h3-8,11,13,17,23H,2,9-10,12H2,1H3. The highest BCUT2D eigenvalue weighted by molar-refractivity contribution is 7.90. The van der Waals surface area contributed by atoms with E-state index in [-0.39, 0.29) is 12.5 Å². The van der Waals surface area contributed by atoms with Crippen molar-refractivity contribution in [3.05, 3.63) is 59.4 Å². The smallest absolute Gasteiger partial charge is 0.253 e. The number of benzene rings is 2. The summed E-state index contributed by atoms with van der Waals surface area (Å²) in [4.78, 5) is 19.0. The van der Waals surface area contributed by atoms with Crippen LogP contribution in [-0.2, 0) is 10.0 Å². The van der Waals surface area contributed by atoms with Crippen LogP contribution in [0.25, 0.3) is 16.7 Å². The van der Waals surface area contributed by atoms with Gasteiger partial charge in [-0.05, 0) is 48.9 Å². The first-order valence-electron chi connectivity index (χ1n) is 9.40. The predicted molar refractivity (Wildman–Crippen MR) is 113 cm³/mol. The SMILES string of the molecule is CCNS(=O)(=O)C1CCN(C(=O)c2ccc3ncn(-c4ccc(Cl)cc4)c3c2)C1. The van der Waals surface area contributed by atoms with Gasteiger partial charge in [-0.15, -0.1) is 0 Å². The molecule has 1 aliphatic rings. The van der Waals surface area contributed by atoms with E-state index in [0.29, 0.717) is 30.1 Å². The van der Waals surface area contributed by atoms with Crippen molar-refractivity contribution in [2.75, 3.05) is 19.6 Å². The highest BCUT2D eigenvalue weighted by Gasteiger charge is 2.35. The molecule has 1 amide bonds. The lowest BCUT2D eigenvalue weighted by molar-refractivity contribution is 0.0793. The first-order chi connectivity index (χ1) is 13.9. The van der Waals surface area contributed by atoms with E-state index < -0.39 is 15.3 Å². The summed E-state index contributed by atoms with van der Waals surface area (Å²) >= 11 is 5.97. The molecule has 0 aliphatic carbocycles. The van der Waals surface area contributed by atoms with Crippen molar-refractivity contribution in [1.82, 2.24) is 19.2 Å². The molecule has 4 rings (SSSR count). The van der Waals surface area contributed by atoms with Crippen LogP contribution in [0.4, 0.5) is 0 Å². The van der Waals surface area contributed by atoms with Gasteiger partial charge < -0.3 is 4.90 Å². The highest BCUT2D eigenvalue weighted by atomic mass is 35.5. The number of amides is 1. The number of hydrogen-bond acceptors (Lipinski definition) is 4. The van der Waals surface area contributed by atoms with E-state index in [0.717, 1.165) is 16.7 Å². The Hall–Kier alpha value is -2.42. The number of nitrogens with one attached hydrogen (secondary N) is 1. The van der Waals surface area contributed by atoms with Gasteiger partial charge >= 0.3 is 0 Å². The Labute approximate surface area is 174 Å². The molecule has 29 heavy (non-hydrogen) atoms. The van der Waals surface area contributed by atoms with Crippen LogP contribution in [0.5, 0.6) is 0 Å². The fourth-order valence-electron chi connectivity index (χ4n) is 3.62. The number of aromatic nitrogens is 2. The monoisotopic (exact) mass is 432 g/mol. The molecule has 2 aromatic carbocycles. The van der Waals surface area contributed by atoms with Crippen LogP contribution in [0.2, 0.25) is 5.02 Å². The second-order valence-electron chi connectivity index (χ2n) is 7.00. The van der Waals surface area contributed by atoms with Crippen molar-refractivity contribution in [1.29, 1.82) is 0 Å². The molecule has 1 fully saturated rings. The number of imidazole rings is 1. The molecule has 1 aromatic heterocycles. The quantitative estimate of drug-likeness (QED) is 0.671. The second-order valence-corrected chi connectivity index (χ2v) is 9.48. The zero-order valence-electron chi connectivity index (χ0n) is 15.9. The van der Waals surface area contributed by atoms with Crippen LogP contribution >= 0.6 is 11.6 Å². The largest absolute Gasteiger partial charge is 0.337 e. The number of likely N-dealkylation sites (tertiary alicyclic amines) is 1. The highest BCUT2D eigenvalue weighted by Crippen LogP contribution is 2.23. The lowest BCUT2D eigenvalue weighted by Gasteiger charge is -2.17. The number of nitrogens with zero attached hydrogens (tertiary/aromatic N) is 3. The zero-order valence-corrected chi connectivity index (χ0v) is 17.4. The molecule has 1 aliphatic heterocycles. The van der Waals surface area contributed by atoms with Gasteiger partial charge in [0.05, 0.1) is 16.3 Å². The molecule has 1 N–H and O–H groups in total. The normalized spacial score (nSPS) is 17.2. The first kappa shape index (κ1) is 19.9. The van der Waals surface area contributed by atoms with Crippen LogP contribution in [0.1, 0.15) is 23.7 Å². The van der Waals surface area contributed by atoms with E-state index >= 15 is 0 Å². The summed E-state index contributed by atoms with van der Waals surface area (Å²) in [7, 11) is -3.40. The Balaban J connectivity index is 1.61. The average molecular weight is 433 g/mol. The van der Waals surface area contributed by atoms with Crippen LogP contribution in [0.15, 0.2) is 48.8 Å². The van der Waals surface area contributed by atoms with Gasteiger partial charge in [0.15, 0.2) is 0 Å². The number of rotatable bonds is 5. The molecule has 7 nitrogen and oxygen atoms in total. The summed E-state index contributed by atoms with van der Waals surface area (Å²) in [6.45, 7) is 2.71. The third-order valence-corrected chi connectivity index (χ3v) is 7.32. The van der Waals surface area contributed by atoms with Crippen molar-refractivity contribution in [3.8, 4) is 5.69 Å². The molecule has 9 heteroatoms. The van der Waals surface area contributed by atoms with Crippen LogP contribution < -0.4 is 4.72 Å². The van der Waals surface area contributed by atoms with E-state index in [9.17, 15) is 13.2 Å². The number of fused-ring (bicyclic) bond motifs is 1. The van der Waals surface area contributed by atoms with E-state index in [4.69, 9.17) is 11.6 Å². The summed E-state index contributed by atoms with van der Waals surface area (Å²) in [6.07, 6.45) is 2.14. The second kappa shape index (κ2) is 7.78. The third kappa shape index (κ3) is 3.88. The summed E-state index contributed by atoms with van der Waals surface area (Å²) in [5.74, 6) is -0.176. The number of carbonyl (C=O) groups is 1. The lowest BCUT2D eigenvalue weighted by atomic mass is 10.1. The van der Waals surface area contributed by atoms with Crippen LogP contribution in [0, 0.1) is 0 Å². The molecule has 1 atom stereocenters. The Morgan fingerprint density at radius 3 is 2.72 bits per heavy atom. The molecular weight excluding hydrogens is 412 g/mol. The molecular formula is C20H21ClN4O3S. The van der Waals surface area contributed by atoms with Gasteiger partial charge in [0.25, 0.3) is 5.91 Å². The molecule has 1 saturated heterocycles. The zero-order chi connectivity index (χ0) is 20.6. The minimum atomic E-state index is -3.40. The molecule has 0 radical (unpaired) electrons. The summed E-state index contributed by atoms with van der Waals surface area (Å²) in [5, 5.41) is 0.0693. The molecule has 2 heterocycles. The van der Waals surface area contributed by atoms with Crippen LogP contribution in [-0.4, -0.2) is 53.7 Å². The van der Waals surface area contributed by atoms with Crippen molar-refractivity contribution in [3.63, 3.8) is 0 Å². The molecule has 0 bridgehead atoms. The van der Waals surface area contributed by atoms with E-state index in [1.54, 1.807) is 48.5 Å². The van der Waals surface area contributed by atoms with Crippen LogP contribution in [0.3, 0.4) is 0 Å². The molecule has 3 aromatic rings. The number of carbonyl (C=O) groups excluding carboxylic acids is 1. The third-order valence-electron chi connectivity index (χ3n) is 5.12. The summed E-state index contributed by atoms with van der Waals surface area (Å²) in [5.41, 5.74) is 2.97. The maximum atomic E-state index is 13.0. The van der Waals surface area contributed by atoms with Gasteiger partial charge in [0, 0.05) is 35.9 Å². The maximum absolute atomic E-state index is 13.0. The molecule has 1 unspecified atom stereocenters. The Bertz CT molecular complexity index is 1160. The first-order valence-corrected chi connectivity index (χ1v) is 11.3. The van der Waals surface area contributed by atoms with E-state index in [1.807, 2.05) is 16.7 Å². The fourth-order valence-corrected chi connectivity index (χ4v) is 5.17. The van der Waals surface area contributed by atoms with E-state index in [2.05, 4.69) is 9.71 Å². The van der Waals surface area contributed by atoms with Crippen molar-refractivity contribution in [2.24, 2.45) is 0 Å². The minimum Gasteiger partial charge on any atom is -0.337 e. The number of sulfonamides is 1. The van der Waals surface area contributed by atoms with Gasteiger partial charge in [0.1, 0.15) is 6.33 Å². The van der Waals surface area contributed by atoms with Gasteiger partial charge in [-0.2, -0.15) is 0 Å². The number of halogens is 1. The molecule has 0 saturated carbocycles. The molecule has 152 valence electrons. The van der Waals surface area contributed by atoms with Gasteiger partial charge in [-0.3, -0.25) is 9.36 Å². The summed E-state index contributed by atoms with van der Waals surface area (Å²) in [6, 6.07) is 12.7. The Morgan fingerprint density at radius 2 is 2.00 bits per heavy atom. The van der Waals surface area contributed by atoms with Crippen molar-refractivity contribution in [2.45, 2.75) is 18.6 Å². The van der Waals surface area contributed by atoms with Gasteiger partial charge in [-0.1, -0.05) is 18.5 Å². The molecule has 0 spiro atoms. The van der Waals surface area contributed by atoms with Gasteiger partial charge in [0.2, 0.25) is 10.0 Å². The van der Waals surface area contributed by atoms with Crippen molar-refractivity contribution >= 4 is 38.6 Å². The maximum Gasteiger partial charge on any atom is 0.253 e. The van der Waals surface area contributed by atoms with Crippen molar-refractivity contribution < 1.29 is 13.2 Å². The Kier molecular flexibility index (Phi) is 5.33.